The third-order valence-corrected chi connectivity index (χ3v) is 9.08. The number of amides is 1. The number of nitrogens with zero attached hydrogens (tertiary/aromatic N) is 1. The maximum absolute atomic E-state index is 13.3. The quantitative estimate of drug-likeness (QED) is 0.601. The molecule has 1 amide bonds. The van der Waals surface area contributed by atoms with E-state index in [9.17, 15) is 13.2 Å². The van der Waals surface area contributed by atoms with Gasteiger partial charge in [0.05, 0.1) is 17.6 Å². The van der Waals surface area contributed by atoms with Gasteiger partial charge in [-0.05, 0) is 39.2 Å². The second kappa shape index (κ2) is 10.1. The van der Waals surface area contributed by atoms with E-state index in [1.165, 1.54) is 0 Å². The molecule has 1 fully saturated rings. The van der Waals surface area contributed by atoms with Crippen molar-refractivity contribution >= 4 is 27.7 Å². The van der Waals surface area contributed by atoms with E-state index in [1.807, 2.05) is 31.2 Å². The van der Waals surface area contributed by atoms with Crippen molar-refractivity contribution in [2.75, 3.05) is 39.7 Å². The molecule has 0 aromatic rings. The third-order valence-electron chi connectivity index (χ3n) is 5.72. The van der Waals surface area contributed by atoms with Crippen LogP contribution in [0, 0.1) is 5.41 Å². The van der Waals surface area contributed by atoms with Gasteiger partial charge in [0.1, 0.15) is 17.1 Å². The largest absolute Gasteiger partial charge is 0.493 e. The summed E-state index contributed by atoms with van der Waals surface area (Å²) in [5.74, 6) is 0.489. The predicted molar refractivity (Wildman–Crippen MR) is 121 cm³/mol. The van der Waals surface area contributed by atoms with E-state index in [4.69, 9.17) is 9.47 Å². The summed E-state index contributed by atoms with van der Waals surface area (Å²) in [6.45, 7) is 11.6. The smallest absolute Gasteiger partial charge is 0.242 e. The Morgan fingerprint density at radius 1 is 1.27 bits per heavy atom. The molecule has 2 aliphatic rings. The number of allylic oxidation sites excluding steroid dienone is 1. The summed E-state index contributed by atoms with van der Waals surface area (Å²) in [6, 6.07) is 0. The first-order chi connectivity index (χ1) is 13.9. The van der Waals surface area contributed by atoms with Crippen LogP contribution in [0.3, 0.4) is 0 Å². The van der Waals surface area contributed by atoms with E-state index in [2.05, 4.69) is 5.32 Å². The van der Waals surface area contributed by atoms with Crippen LogP contribution in [0.4, 0.5) is 0 Å². The molecule has 30 heavy (non-hydrogen) atoms. The van der Waals surface area contributed by atoms with E-state index in [0.717, 1.165) is 11.3 Å². The lowest BCUT2D eigenvalue weighted by Crippen LogP contribution is -2.50. The second-order valence-electron chi connectivity index (χ2n) is 9.12. The molecule has 2 atom stereocenters. The topological polar surface area (TPSA) is 84.9 Å². The molecular formula is C21H36N2O5S2. The summed E-state index contributed by atoms with van der Waals surface area (Å²) in [4.78, 5) is 13.1. The van der Waals surface area contributed by atoms with Crippen LogP contribution >= 0.6 is 0 Å². The van der Waals surface area contributed by atoms with Gasteiger partial charge in [0.15, 0.2) is 0 Å². The molecule has 0 spiro atoms. The van der Waals surface area contributed by atoms with Crippen LogP contribution in [-0.2, 0) is 36.1 Å². The van der Waals surface area contributed by atoms with Crippen molar-refractivity contribution in [3.8, 4) is 0 Å². The van der Waals surface area contributed by atoms with Crippen LogP contribution in [0.1, 0.15) is 47.5 Å². The number of hydrogen-bond acceptors (Lipinski definition) is 5. The normalized spacial score (nSPS) is 21.6. The van der Waals surface area contributed by atoms with Gasteiger partial charge in [-0.15, -0.1) is 0 Å². The van der Waals surface area contributed by atoms with Crippen LogP contribution in [0.2, 0.25) is 0 Å². The van der Waals surface area contributed by atoms with Crippen molar-refractivity contribution in [3.63, 3.8) is 0 Å². The fraction of sp³-hybridized carbons (Fsp3) is 0.762. The zero-order valence-corrected chi connectivity index (χ0v) is 20.8. The molecule has 2 rings (SSSR count). The first-order valence-electron chi connectivity index (χ1n) is 10.2. The number of methoxy groups -OCH3 is 1. The number of carbonyl (C=O) groups excluding carboxylic acids is 1. The van der Waals surface area contributed by atoms with Gasteiger partial charge in [0.25, 0.3) is 0 Å². The average molecular weight is 461 g/mol. The number of carbonyl (C=O) groups is 1. The fourth-order valence-corrected chi connectivity index (χ4v) is 6.04. The Hall–Kier alpha value is -1.03. The molecular weight excluding hydrogens is 424 g/mol. The van der Waals surface area contributed by atoms with Gasteiger partial charge in [0, 0.05) is 59.7 Å². The van der Waals surface area contributed by atoms with Gasteiger partial charge < -0.3 is 14.8 Å². The lowest BCUT2D eigenvalue weighted by Gasteiger charge is -2.34. The second-order valence-corrected chi connectivity index (χ2v) is 12.8. The summed E-state index contributed by atoms with van der Waals surface area (Å²) in [6.07, 6.45) is 4.86. The maximum atomic E-state index is 13.3. The molecule has 172 valence electrons. The number of nitrogens with one attached hydrogen (secondary N) is 1. The molecule has 0 saturated carbocycles. The minimum atomic E-state index is -1.35. The van der Waals surface area contributed by atoms with Gasteiger partial charge in [-0.1, -0.05) is 13.8 Å². The molecule has 1 N–H and O–H groups in total. The maximum Gasteiger partial charge on any atom is 0.242 e. The average Bonchev–Trinajstić information content (AvgIpc) is 2.68. The lowest BCUT2D eigenvalue weighted by molar-refractivity contribution is -0.122. The highest BCUT2D eigenvalue weighted by molar-refractivity contribution is 7.88. The summed E-state index contributed by atoms with van der Waals surface area (Å²) in [5.41, 5.74) is 1.30. The molecule has 0 aromatic carbocycles. The van der Waals surface area contributed by atoms with Crippen LogP contribution in [0.25, 0.3) is 0 Å². The molecule has 0 bridgehead atoms. The van der Waals surface area contributed by atoms with E-state index in [-0.39, 0.29) is 16.6 Å². The Kier molecular flexibility index (Phi) is 8.46. The minimum Gasteiger partial charge on any atom is -0.493 e. The third kappa shape index (κ3) is 5.81. The van der Waals surface area contributed by atoms with E-state index in [0.29, 0.717) is 44.8 Å². The first kappa shape index (κ1) is 25.2. The van der Waals surface area contributed by atoms with Crippen molar-refractivity contribution in [1.29, 1.82) is 0 Å². The van der Waals surface area contributed by atoms with Gasteiger partial charge in [-0.2, -0.15) is 0 Å². The number of ether oxygens (including phenoxy) is 2. The van der Waals surface area contributed by atoms with Crippen LogP contribution in [-0.4, -0.2) is 68.3 Å². The highest BCUT2D eigenvalue weighted by atomic mass is 32.2. The Labute approximate surface area is 185 Å². The molecule has 9 heteroatoms. The number of hydrogen-bond donors (Lipinski definition) is 1. The van der Waals surface area contributed by atoms with Crippen molar-refractivity contribution in [3.05, 3.63) is 23.1 Å². The van der Waals surface area contributed by atoms with Gasteiger partial charge >= 0.3 is 0 Å². The summed E-state index contributed by atoms with van der Waals surface area (Å²) in [5, 5.41) is 2.91. The van der Waals surface area contributed by atoms with Crippen molar-refractivity contribution in [1.82, 2.24) is 9.62 Å². The predicted octanol–water partition coefficient (Wildman–Crippen LogP) is 2.25. The zero-order valence-electron chi connectivity index (χ0n) is 19.2. The highest BCUT2D eigenvalue weighted by Gasteiger charge is 2.41. The first-order valence-corrected chi connectivity index (χ1v) is 13.0. The molecule has 0 aliphatic carbocycles. The Morgan fingerprint density at radius 3 is 2.40 bits per heavy atom. The number of piperidine rings is 1. The molecule has 7 nitrogen and oxygen atoms in total. The van der Waals surface area contributed by atoms with Crippen LogP contribution < -0.4 is 5.32 Å². The molecule has 0 aromatic heterocycles. The monoisotopic (exact) mass is 460 g/mol. The molecule has 0 radical (unpaired) electrons. The Bertz CT molecular complexity index is 765. The SMILES string of the molecule is COCC(C)(C)C1=CC(NC(=O)C(C)(C)S(=O)C2CCN(S(C)=O)CC2)=C(C)CO1. The lowest BCUT2D eigenvalue weighted by atomic mass is 9.90. The standard InChI is InChI=1S/C21H36N2O5S2/c1-15-13-28-18(20(2,3)14-27-6)12-17(15)22-19(24)21(4,5)30(26)16-8-10-23(11-9-16)29(7)25/h12,16H,8-11,13-14H2,1-7H3,(H,22,24). The van der Waals surface area contributed by atoms with Gasteiger partial charge in [-0.25, -0.2) is 8.51 Å². The highest BCUT2D eigenvalue weighted by Crippen LogP contribution is 2.32. The fourth-order valence-electron chi connectivity index (χ4n) is 3.61. The summed E-state index contributed by atoms with van der Waals surface area (Å²) >= 11 is 0. The zero-order chi connectivity index (χ0) is 22.7. The Balaban J connectivity index is 2.10. The minimum absolute atomic E-state index is 0.0814. The van der Waals surface area contributed by atoms with E-state index in [1.54, 1.807) is 27.2 Å². The van der Waals surface area contributed by atoms with Crippen LogP contribution in [0.5, 0.6) is 0 Å². The molecule has 2 unspecified atom stereocenters. The van der Waals surface area contributed by atoms with Crippen molar-refractivity contribution in [2.24, 2.45) is 5.41 Å². The molecule has 1 saturated heterocycles. The van der Waals surface area contributed by atoms with Gasteiger partial charge in [0.2, 0.25) is 5.91 Å². The van der Waals surface area contributed by atoms with E-state index >= 15 is 0 Å². The van der Waals surface area contributed by atoms with Gasteiger partial charge in [-0.3, -0.25) is 9.00 Å². The van der Waals surface area contributed by atoms with Crippen molar-refractivity contribution < 1.29 is 22.7 Å². The Morgan fingerprint density at radius 2 is 1.87 bits per heavy atom. The van der Waals surface area contributed by atoms with E-state index < -0.39 is 26.5 Å². The summed E-state index contributed by atoms with van der Waals surface area (Å²) in [7, 11) is -0.713. The van der Waals surface area contributed by atoms with Crippen molar-refractivity contribution in [2.45, 2.75) is 57.5 Å². The number of rotatable bonds is 8. The summed E-state index contributed by atoms with van der Waals surface area (Å²) < 4.78 is 36.9. The molecule has 2 aliphatic heterocycles. The van der Waals surface area contributed by atoms with Crippen LogP contribution in [0.15, 0.2) is 23.1 Å². The molecule has 2 heterocycles.